The molecule has 0 aliphatic heterocycles. The highest BCUT2D eigenvalue weighted by Gasteiger charge is 2.18. The first-order valence-corrected chi connectivity index (χ1v) is 8.24. The van der Waals surface area contributed by atoms with Crippen molar-refractivity contribution >= 4 is 17.4 Å². The van der Waals surface area contributed by atoms with Crippen molar-refractivity contribution in [2.24, 2.45) is 0 Å². The number of carbonyl (C=O) groups excluding carboxylic acids is 1. The number of aromatic nitrogens is 2. The number of anilines is 1. The molecule has 0 aliphatic rings. The van der Waals surface area contributed by atoms with Gasteiger partial charge in [0, 0.05) is 16.8 Å². The third-order valence-corrected chi connectivity index (χ3v) is 4.22. The van der Waals surface area contributed by atoms with Crippen molar-refractivity contribution in [2.75, 3.05) is 5.32 Å². The number of nitrogens with one attached hydrogen (secondary N) is 1. The highest BCUT2D eigenvalue weighted by atomic mass is 19.1. The first-order chi connectivity index (χ1) is 12.6. The van der Waals surface area contributed by atoms with Gasteiger partial charge in [-0.2, -0.15) is 0 Å². The lowest BCUT2D eigenvalue weighted by Gasteiger charge is -2.10. The van der Waals surface area contributed by atoms with E-state index >= 15 is 0 Å². The molecule has 2 aromatic heterocycles. The van der Waals surface area contributed by atoms with Crippen LogP contribution >= 0.6 is 0 Å². The quantitative estimate of drug-likeness (QED) is 0.585. The normalized spacial score (nSPS) is 10.8. The molecule has 5 heteroatoms. The molecule has 0 bridgehead atoms. The Morgan fingerprint density at radius 1 is 0.962 bits per heavy atom. The van der Waals surface area contributed by atoms with Crippen LogP contribution in [0.15, 0.2) is 72.8 Å². The Morgan fingerprint density at radius 3 is 2.42 bits per heavy atom. The van der Waals surface area contributed by atoms with Crippen LogP contribution in [0.25, 0.3) is 16.9 Å². The van der Waals surface area contributed by atoms with Gasteiger partial charge in [0.25, 0.3) is 5.91 Å². The van der Waals surface area contributed by atoms with Crippen molar-refractivity contribution in [1.29, 1.82) is 0 Å². The van der Waals surface area contributed by atoms with E-state index in [9.17, 15) is 9.18 Å². The number of halogens is 1. The molecule has 1 amide bonds. The Balaban J connectivity index is 1.84. The van der Waals surface area contributed by atoms with Crippen molar-refractivity contribution in [2.45, 2.75) is 6.92 Å². The van der Waals surface area contributed by atoms with Gasteiger partial charge in [-0.05, 0) is 43.3 Å². The number of hydrogen-bond donors (Lipinski definition) is 1. The molecule has 4 nitrogen and oxygen atoms in total. The Bertz CT molecular complexity index is 1090. The number of pyridine rings is 1. The van der Waals surface area contributed by atoms with Crippen LogP contribution in [0.1, 0.15) is 16.1 Å². The van der Waals surface area contributed by atoms with Gasteiger partial charge in [-0.25, -0.2) is 9.37 Å². The van der Waals surface area contributed by atoms with E-state index in [4.69, 9.17) is 4.98 Å². The maximum Gasteiger partial charge on any atom is 0.256 e. The number of benzene rings is 2. The van der Waals surface area contributed by atoms with Crippen LogP contribution in [0, 0.1) is 12.7 Å². The number of carbonyl (C=O) groups is 1. The Kier molecular flexibility index (Phi) is 3.97. The van der Waals surface area contributed by atoms with Crippen molar-refractivity contribution in [3.8, 4) is 11.3 Å². The molecular weight excluding hydrogens is 329 g/mol. The van der Waals surface area contributed by atoms with Crippen molar-refractivity contribution in [3.05, 3.63) is 89.9 Å². The molecule has 4 rings (SSSR count). The summed E-state index contributed by atoms with van der Waals surface area (Å²) in [7, 11) is 0. The second-order valence-electron chi connectivity index (χ2n) is 6.00. The highest BCUT2D eigenvalue weighted by Crippen LogP contribution is 2.30. The van der Waals surface area contributed by atoms with Crippen LogP contribution in [-0.4, -0.2) is 15.3 Å². The fourth-order valence-corrected chi connectivity index (χ4v) is 2.95. The average Bonchev–Trinajstić information content (AvgIpc) is 3.03. The lowest BCUT2D eigenvalue weighted by molar-refractivity contribution is 0.102. The number of fused-ring (bicyclic) bond motifs is 1. The second kappa shape index (κ2) is 6.44. The minimum Gasteiger partial charge on any atom is -0.306 e. The van der Waals surface area contributed by atoms with Crippen LogP contribution in [0.2, 0.25) is 0 Å². The van der Waals surface area contributed by atoms with E-state index in [0.717, 1.165) is 16.9 Å². The van der Waals surface area contributed by atoms with Gasteiger partial charge >= 0.3 is 0 Å². The van der Waals surface area contributed by atoms with Gasteiger partial charge in [0.1, 0.15) is 23.0 Å². The van der Waals surface area contributed by atoms with Crippen LogP contribution in [0.5, 0.6) is 0 Å². The molecule has 0 fully saturated rings. The van der Waals surface area contributed by atoms with Gasteiger partial charge in [0.05, 0.1) is 0 Å². The summed E-state index contributed by atoms with van der Waals surface area (Å²) in [5, 5.41) is 2.95. The van der Waals surface area contributed by atoms with E-state index in [1.54, 1.807) is 0 Å². The average molecular weight is 345 g/mol. The smallest absolute Gasteiger partial charge is 0.256 e. The zero-order valence-electron chi connectivity index (χ0n) is 14.1. The largest absolute Gasteiger partial charge is 0.306 e. The van der Waals surface area contributed by atoms with Crippen molar-refractivity contribution in [3.63, 3.8) is 0 Å². The predicted molar refractivity (Wildman–Crippen MR) is 99.7 cm³/mol. The SMILES string of the molecule is Cc1cccc2nc(-c3ccccc3)c(NC(=O)c3ccc(F)cc3)n12. The molecule has 26 heavy (non-hydrogen) atoms. The molecule has 2 heterocycles. The third kappa shape index (κ3) is 2.84. The van der Waals surface area contributed by atoms with Crippen LogP contribution < -0.4 is 5.32 Å². The van der Waals surface area contributed by atoms with Gasteiger partial charge in [-0.15, -0.1) is 0 Å². The summed E-state index contributed by atoms with van der Waals surface area (Å²) < 4.78 is 15.0. The first kappa shape index (κ1) is 16.0. The van der Waals surface area contributed by atoms with E-state index < -0.39 is 0 Å². The van der Waals surface area contributed by atoms with Gasteiger partial charge in [-0.3, -0.25) is 9.20 Å². The topological polar surface area (TPSA) is 46.4 Å². The molecule has 4 aromatic rings. The molecule has 0 saturated carbocycles. The number of imidazole rings is 1. The van der Waals surface area contributed by atoms with Gasteiger partial charge < -0.3 is 5.32 Å². The number of nitrogens with zero attached hydrogens (tertiary/aromatic N) is 2. The maximum absolute atomic E-state index is 13.1. The Hall–Kier alpha value is -3.47. The summed E-state index contributed by atoms with van der Waals surface area (Å²) in [6.45, 7) is 1.96. The number of amides is 1. The molecule has 0 atom stereocenters. The van der Waals surface area contributed by atoms with Gasteiger partial charge in [0.2, 0.25) is 0 Å². The predicted octanol–water partition coefficient (Wildman–Crippen LogP) is 4.70. The molecule has 128 valence electrons. The standard InChI is InChI=1S/C21H16FN3O/c1-14-6-5-9-18-23-19(15-7-3-2-4-8-15)20(25(14)18)24-21(26)16-10-12-17(22)13-11-16/h2-13H,1H3,(H,24,26). The van der Waals surface area contributed by atoms with E-state index in [2.05, 4.69) is 5.32 Å². The molecule has 0 spiro atoms. The second-order valence-corrected chi connectivity index (χ2v) is 6.00. The molecule has 0 unspecified atom stereocenters. The van der Waals surface area contributed by atoms with E-state index in [0.29, 0.717) is 17.1 Å². The monoisotopic (exact) mass is 345 g/mol. The maximum atomic E-state index is 13.1. The summed E-state index contributed by atoms with van der Waals surface area (Å²) in [6, 6.07) is 20.9. The van der Waals surface area contributed by atoms with E-state index in [-0.39, 0.29) is 11.7 Å². The summed E-state index contributed by atoms with van der Waals surface area (Å²) in [5.41, 5.74) is 3.68. The van der Waals surface area contributed by atoms with Gasteiger partial charge in [-0.1, -0.05) is 36.4 Å². The zero-order chi connectivity index (χ0) is 18.1. The zero-order valence-corrected chi connectivity index (χ0v) is 14.1. The number of aryl methyl sites for hydroxylation is 1. The molecule has 2 aromatic carbocycles. The lowest BCUT2D eigenvalue weighted by atomic mass is 10.1. The van der Waals surface area contributed by atoms with E-state index in [1.165, 1.54) is 24.3 Å². The lowest BCUT2D eigenvalue weighted by Crippen LogP contribution is -2.14. The fraction of sp³-hybridized carbons (Fsp3) is 0.0476. The van der Waals surface area contributed by atoms with Crippen LogP contribution in [-0.2, 0) is 0 Å². The molecule has 1 N–H and O–H groups in total. The summed E-state index contributed by atoms with van der Waals surface area (Å²) in [6.07, 6.45) is 0. The minimum absolute atomic E-state index is 0.313. The molecular formula is C21H16FN3O. The fourth-order valence-electron chi connectivity index (χ4n) is 2.95. The van der Waals surface area contributed by atoms with Crippen LogP contribution in [0.4, 0.5) is 10.2 Å². The molecule has 0 saturated heterocycles. The Morgan fingerprint density at radius 2 is 1.69 bits per heavy atom. The Labute approximate surface area is 149 Å². The highest BCUT2D eigenvalue weighted by molar-refractivity contribution is 6.05. The number of hydrogen-bond acceptors (Lipinski definition) is 2. The summed E-state index contributed by atoms with van der Waals surface area (Å²) in [5.74, 6) is -0.0944. The molecule has 0 aliphatic carbocycles. The van der Waals surface area contributed by atoms with Gasteiger partial charge in [0.15, 0.2) is 0 Å². The van der Waals surface area contributed by atoms with Crippen molar-refractivity contribution < 1.29 is 9.18 Å². The summed E-state index contributed by atoms with van der Waals surface area (Å²) in [4.78, 5) is 17.4. The van der Waals surface area contributed by atoms with Crippen molar-refractivity contribution in [1.82, 2.24) is 9.38 Å². The number of rotatable bonds is 3. The van der Waals surface area contributed by atoms with Crippen LogP contribution in [0.3, 0.4) is 0 Å². The van der Waals surface area contributed by atoms with E-state index in [1.807, 2.05) is 59.9 Å². The minimum atomic E-state index is -0.378. The molecule has 0 radical (unpaired) electrons. The first-order valence-electron chi connectivity index (χ1n) is 8.24. The summed E-state index contributed by atoms with van der Waals surface area (Å²) >= 11 is 0. The third-order valence-electron chi connectivity index (χ3n) is 4.22.